The van der Waals surface area contributed by atoms with Gasteiger partial charge in [0.1, 0.15) is 11.3 Å². The summed E-state index contributed by atoms with van der Waals surface area (Å²) < 4.78 is 2.05. The average molecular weight is 273 g/mol. The van der Waals surface area contributed by atoms with E-state index in [4.69, 9.17) is 11.6 Å². The summed E-state index contributed by atoms with van der Waals surface area (Å²) in [6.45, 7) is 2.08. The highest BCUT2D eigenvalue weighted by Gasteiger charge is 2.17. The first-order valence-electron chi connectivity index (χ1n) is 6.10. The number of alkyl halides is 1. The van der Waals surface area contributed by atoms with Crippen molar-refractivity contribution < 1.29 is 0 Å². The highest BCUT2D eigenvalue weighted by atomic mass is 35.5. The largest absolute Gasteiger partial charge is 0.303 e. The maximum atomic E-state index is 6.00. The summed E-state index contributed by atoms with van der Waals surface area (Å²) in [4.78, 5) is 13.3. The predicted octanol–water partition coefficient (Wildman–Crippen LogP) is 3.17. The summed E-state index contributed by atoms with van der Waals surface area (Å²) in [7, 11) is 0. The van der Waals surface area contributed by atoms with Crippen molar-refractivity contribution in [2.75, 3.05) is 0 Å². The van der Waals surface area contributed by atoms with Crippen molar-refractivity contribution in [2.24, 2.45) is 0 Å². The molecule has 0 aliphatic heterocycles. The van der Waals surface area contributed by atoms with Gasteiger partial charge in [-0.1, -0.05) is 6.07 Å². The molecule has 0 radical (unpaired) electrons. The van der Waals surface area contributed by atoms with Crippen LogP contribution in [0.2, 0.25) is 0 Å². The van der Waals surface area contributed by atoms with Crippen molar-refractivity contribution in [1.82, 2.24) is 19.5 Å². The molecule has 0 amide bonds. The second-order valence-corrected chi connectivity index (χ2v) is 4.58. The minimum Gasteiger partial charge on any atom is -0.303 e. The van der Waals surface area contributed by atoms with Crippen LogP contribution in [0.25, 0.3) is 11.2 Å². The zero-order chi connectivity index (χ0) is 13.2. The third-order valence-corrected chi connectivity index (χ3v) is 3.38. The van der Waals surface area contributed by atoms with Crippen LogP contribution in [0, 0.1) is 0 Å². The first kappa shape index (κ1) is 12.1. The number of rotatable bonds is 3. The van der Waals surface area contributed by atoms with E-state index in [-0.39, 0.29) is 6.04 Å². The molecule has 0 spiro atoms. The Morgan fingerprint density at radius 3 is 2.74 bits per heavy atom. The number of pyridine rings is 2. The lowest BCUT2D eigenvalue weighted by atomic mass is 10.2. The van der Waals surface area contributed by atoms with Crippen LogP contribution in [0.4, 0.5) is 0 Å². The van der Waals surface area contributed by atoms with Gasteiger partial charge in [-0.05, 0) is 31.2 Å². The van der Waals surface area contributed by atoms with Gasteiger partial charge in [-0.25, -0.2) is 9.97 Å². The number of fused-ring (bicyclic) bond motifs is 1. The SMILES string of the molecule is CC(c1ccccn1)n1c(CCl)nc2cccnc21. The summed E-state index contributed by atoms with van der Waals surface area (Å²) in [5.74, 6) is 1.17. The molecule has 0 aliphatic carbocycles. The summed E-state index contributed by atoms with van der Waals surface area (Å²) in [5, 5.41) is 0. The molecule has 3 aromatic rings. The molecule has 0 saturated heterocycles. The van der Waals surface area contributed by atoms with Crippen molar-refractivity contribution in [3.05, 3.63) is 54.2 Å². The van der Waals surface area contributed by atoms with E-state index < -0.39 is 0 Å². The average Bonchev–Trinajstić information content (AvgIpc) is 2.86. The number of halogens is 1. The molecule has 0 fully saturated rings. The lowest BCUT2D eigenvalue weighted by Crippen LogP contribution is -2.11. The maximum Gasteiger partial charge on any atom is 0.160 e. The van der Waals surface area contributed by atoms with E-state index in [2.05, 4.69) is 21.9 Å². The van der Waals surface area contributed by atoms with Crippen LogP contribution >= 0.6 is 11.6 Å². The Morgan fingerprint density at radius 2 is 2.00 bits per heavy atom. The van der Waals surface area contributed by atoms with Gasteiger partial charge >= 0.3 is 0 Å². The summed E-state index contributed by atoms with van der Waals surface area (Å²) >= 11 is 6.00. The Hall–Kier alpha value is -1.94. The minimum absolute atomic E-state index is 0.0508. The van der Waals surface area contributed by atoms with Gasteiger partial charge in [0.2, 0.25) is 0 Å². The van der Waals surface area contributed by atoms with Gasteiger partial charge in [0, 0.05) is 12.4 Å². The second-order valence-electron chi connectivity index (χ2n) is 4.31. The molecule has 4 nitrogen and oxygen atoms in total. The lowest BCUT2D eigenvalue weighted by Gasteiger charge is -2.15. The van der Waals surface area contributed by atoms with Crippen LogP contribution < -0.4 is 0 Å². The number of imidazole rings is 1. The summed E-state index contributed by atoms with van der Waals surface area (Å²) in [6.07, 6.45) is 3.56. The highest BCUT2D eigenvalue weighted by Crippen LogP contribution is 2.24. The van der Waals surface area contributed by atoms with Crippen LogP contribution in [-0.2, 0) is 5.88 Å². The van der Waals surface area contributed by atoms with E-state index in [9.17, 15) is 0 Å². The van der Waals surface area contributed by atoms with Gasteiger partial charge in [0.25, 0.3) is 0 Å². The molecule has 0 saturated carbocycles. The third-order valence-electron chi connectivity index (χ3n) is 3.14. The topological polar surface area (TPSA) is 43.6 Å². The fraction of sp³-hybridized carbons (Fsp3) is 0.214. The monoisotopic (exact) mass is 272 g/mol. The lowest BCUT2D eigenvalue weighted by molar-refractivity contribution is 0.612. The molecule has 3 heterocycles. The van der Waals surface area contributed by atoms with Crippen molar-refractivity contribution in [1.29, 1.82) is 0 Å². The predicted molar refractivity (Wildman–Crippen MR) is 75.1 cm³/mol. The molecule has 5 heteroatoms. The smallest absolute Gasteiger partial charge is 0.160 e. The molecule has 0 bridgehead atoms. The zero-order valence-electron chi connectivity index (χ0n) is 10.5. The van der Waals surface area contributed by atoms with Crippen LogP contribution in [0.15, 0.2) is 42.7 Å². The van der Waals surface area contributed by atoms with Crippen LogP contribution in [0.1, 0.15) is 24.5 Å². The third kappa shape index (κ3) is 2.08. The van der Waals surface area contributed by atoms with Gasteiger partial charge in [0.05, 0.1) is 17.6 Å². The molecular weight excluding hydrogens is 260 g/mol. The molecule has 96 valence electrons. The number of hydrogen-bond donors (Lipinski definition) is 0. The Kier molecular flexibility index (Phi) is 3.17. The molecule has 0 aliphatic rings. The van der Waals surface area contributed by atoms with E-state index in [1.165, 1.54) is 0 Å². The second kappa shape index (κ2) is 4.97. The van der Waals surface area contributed by atoms with Gasteiger partial charge in [-0.2, -0.15) is 0 Å². The maximum absolute atomic E-state index is 6.00. The van der Waals surface area contributed by atoms with Crippen LogP contribution in [0.3, 0.4) is 0 Å². The van der Waals surface area contributed by atoms with Crippen LogP contribution in [-0.4, -0.2) is 19.5 Å². The molecule has 1 unspecified atom stereocenters. The Balaban J connectivity index is 2.18. The molecular formula is C14H13ClN4. The Bertz CT molecular complexity index is 693. The van der Waals surface area contributed by atoms with Gasteiger partial charge in [0.15, 0.2) is 5.65 Å². The van der Waals surface area contributed by atoms with E-state index >= 15 is 0 Å². The van der Waals surface area contributed by atoms with Crippen molar-refractivity contribution >= 4 is 22.8 Å². The number of aromatic nitrogens is 4. The fourth-order valence-electron chi connectivity index (χ4n) is 2.23. The van der Waals surface area contributed by atoms with E-state index in [0.717, 1.165) is 22.7 Å². The van der Waals surface area contributed by atoms with Crippen molar-refractivity contribution in [2.45, 2.75) is 18.8 Å². The zero-order valence-corrected chi connectivity index (χ0v) is 11.2. The van der Waals surface area contributed by atoms with Crippen molar-refractivity contribution in [3.63, 3.8) is 0 Å². The normalized spacial score (nSPS) is 12.7. The fourth-order valence-corrected chi connectivity index (χ4v) is 2.42. The minimum atomic E-state index is 0.0508. The Morgan fingerprint density at radius 1 is 1.16 bits per heavy atom. The molecule has 1 atom stereocenters. The first-order chi connectivity index (χ1) is 9.31. The summed E-state index contributed by atoms with van der Waals surface area (Å²) in [6, 6.07) is 9.75. The molecule has 0 N–H and O–H groups in total. The molecule has 3 rings (SSSR count). The molecule has 0 aromatic carbocycles. The van der Waals surface area contributed by atoms with Gasteiger partial charge in [-0.15, -0.1) is 11.6 Å². The molecule has 3 aromatic heterocycles. The Labute approximate surface area is 116 Å². The first-order valence-corrected chi connectivity index (χ1v) is 6.63. The molecule has 19 heavy (non-hydrogen) atoms. The van der Waals surface area contributed by atoms with Gasteiger partial charge in [-0.3, -0.25) is 4.98 Å². The number of hydrogen-bond acceptors (Lipinski definition) is 3. The van der Waals surface area contributed by atoms with Crippen molar-refractivity contribution in [3.8, 4) is 0 Å². The van der Waals surface area contributed by atoms with Gasteiger partial charge < -0.3 is 4.57 Å². The van der Waals surface area contributed by atoms with E-state index in [0.29, 0.717) is 5.88 Å². The highest BCUT2D eigenvalue weighted by molar-refractivity contribution is 6.16. The van der Waals surface area contributed by atoms with E-state index in [1.54, 1.807) is 12.4 Å². The summed E-state index contributed by atoms with van der Waals surface area (Å²) in [5.41, 5.74) is 2.68. The van der Waals surface area contributed by atoms with Crippen LogP contribution in [0.5, 0.6) is 0 Å². The quantitative estimate of drug-likeness (QED) is 0.688. The number of nitrogens with zero attached hydrogens (tertiary/aromatic N) is 4. The standard InChI is InChI=1S/C14H13ClN4/c1-10(11-5-2-3-7-16-11)19-13(9-15)18-12-6-4-8-17-14(12)19/h2-8,10H,9H2,1H3. The van der Waals surface area contributed by atoms with E-state index in [1.807, 2.05) is 34.9 Å².